The van der Waals surface area contributed by atoms with Gasteiger partial charge in [0.15, 0.2) is 0 Å². The summed E-state index contributed by atoms with van der Waals surface area (Å²) in [4.78, 5) is 11.5. The predicted molar refractivity (Wildman–Crippen MR) is 65.8 cm³/mol. The smallest absolute Gasteiger partial charge is 0.338 e. The average molecular weight is 267 g/mol. The van der Waals surface area contributed by atoms with Crippen LogP contribution in [0.5, 0.6) is 0 Å². The molecule has 0 aromatic heterocycles. The van der Waals surface area contributed by atoms with E-state index < -0.39 is 0 Å². The van der Waals surface area contributed by atoms with E-state index in [1.165, 1.54) is 7.11 Å². The third-order valence-electron chi connectivity index (χ3n) is 2.01. The summed E-state index contributed by atoms with van der Waals surface area (Å²) in [6.45, 7) is 7.46. The van der Waals surface area contributed by atoms with Crippen molar-refractivity contribution in [3.05, 3.63) is 48.0 Å². The van der Waals surface area contributed by atoms with Crippen molar-refractivity contribution >= 4 is 32.5 Å². The van der Waals surface area contributed by atoms with Crippen LogP contribution in [0, 0.1) is 0 Å². The van der Waals surface area contributed by atoms with Crippen molar-refractivity contribution in [2.45, 2.75) is 0 Å². The van der Waals surface area contributed by atoms with E-state index in [4.69, 9.17) is 0 Å². The molecule has 0 unspecified atom stereocenters. The van der Waals surface area contributed by atoms with Crippen molar-refractivity contribution < 1.29 is 9.53 Å². The molecular weight excluding hydrogens is 256 g/mol. The fraction of sp³-hybridized carbons (Fsp3) is 0.0833. The molecule has 0 aliphatic rings. The van der Waals surface area contributed by atoms with E-state index in [1.54, 1.807) is 18.2 Å². The van der Waals surface area contributed by atoms with Crippen molar-refractivity contribution in [3.8, 4) is 0 Å². The van der Waals surface area contributed by atoms with Gasteiger partial charge in [0.05, 0.1) is 12.7 Å². The first-order valence-electron chi connectivity index (χ1n) is 4.30. The van der Waals surface area contributed by atoms with Crippen LogP contribution in [0.1, 0.15) is 21.5 Å². The molecule has 0 saturated carbocycles. The van der Waals surface area contributed by atoms with Gasteiger partial charge in [0.1, 0.15) is 0 Å². The lowest BCUT2D eigenvalue weighted by molar-refractivity contribution is 0.0600. The summed E-state index contributed by atoms with van der Waals surface area (Å²) >= 11 is 3.29. The molecule has 0 amide bonds. The molecular formula is C12H11BrO2. The van der Waals surface area contributed by atoms with Crippen molar-refractivity contribution in [2.24, 2.45) is 0 Å². The quantitative estimate of drug-likeness (QED) is 0.784. The Morgan fingerprint density at radius 3 is 2.53 bits per heavy atom. The normalized spacial score (nSPS) is 9.47. The molecule has 0 heterocycles. The Hall–Kier alpha value is -1.35. The molecule has 0 bridgehead atoms. The molecule has 0 spiro atoms. The second-order valence-electron chi connectivity index (χ2n) is 2.87. The highest BCUT2D eigenvalue weighted by molar-refractivity contribution is 9.15. The minimum absolute atomic E-state index is 0.375. The zero-order valence-corrected chi connectivity index (χ0v) is 10.0. The molecule has 0 N–H and O–H groups in total. The Balaban J connectivity index is 3.41. The molecule has 15 heavy (non-hydrogen) atoms. The second-order valence-corrected chi connectivity index (χ2v) is 3.82. The van der Waals surface area contributed by atoms with E-state index in [0.29, 0.717) is 10.0 Å². The van der Waals surface area contributed by atoms with Gasteiger partial charge in [0.25, 0.3) is 0 Å². The Kier molecular flexibility index (Phi) is 3.86. The molecule has 0 aliphatic heterocycles. The highest BCUT2D eigenvalue weighted by Gasteiger charge is 2.13. The minimum Gasteiger partial charge on any atom is -0.465 e. The molecule has 0 fully saturated rings. The largest absolute Gasteiger partial charge is 0.465 e. The van der Waals surface area contributed by atoms with Crippen LogP contribution in [0.25, 0.3) is 10.6 Å². The zero-order chi connectivity index (χ0) is 11.4. The summed E-state index contributed by atoms with van der Waals surface area (Å²) in [5, 5.41) is 0. The third-order valence-corrected chi connectivity index (χ3v) is 2.43. The van der Waals surface area contributed by atoms with E-state index in [2.05, 4.69) is 33.8 Å². The summed E-state index contributed by atoms with van der Waals surface area (Å²) in [6.07, 6.45) is 1.62. The van der Waals surface area contributed by atoms with Crippen molar-refractivity contribution in [1.82, 2.24) is 0 Å². The highest BCUT2D eigenvalue weighted by atomic mass is 79.9. The zero-order valence-electron chi connectivity index (χ0n) is 8.42. The minimum atomic E-state index is -0.375. The third kappa shape index (κ3) is 2.36. The van der Waals surface area contributed by atoms with Crippen molar-refractivity contribution in [1.29, 1.82) is 0 Å². The van der Waals surface area contributed by atoms with Gasteiger partial charge in [-0.05, 0) is 17.2 Å². The fourth-order valence-corrected chi connectivity index (χ4v) is 1.66. The summed E-state index contributed by atoms with van der Waals surface area (Å²) in [5.41, 5.74) is 2.06. The van der Waals surface area contributed by atoms with Gasteiger partial charge in [-0.2, -0.15) is 0 Å². The van der Waals surface area contributed by atoms with Gasteiger partial charge in [-0.1, -0.05) is 47.3 Å². The Morgan fingerprint density at radius 2 is 2.07 bits per heavy atom. The maximum absolute atomic E-state index is 11.5. The number of methoxy groups -OCH3 is 1. The number of halogens is 1. The topological polar surface area (TPSA) is 26.3 Å². The number of hydrogen-bond donors (Lipinski definition) is 0. The molecule has 2 nitrogen and oxygen atoms in total. The first-order chi connectivity index (χ1) is 7.11. The van der Waals surface area contributed by atoms with Gasteiger partial charge >= 0.3 is 5.97 Å². The fourth-order valence-electron chi connectivity index (χ4n) is 1.31. The van der Waals surface area contributed by atoms with Crippen LogP contribution in [0.15, 0.2) is 31.4 Å². The Bertz CT molecular complexity index is 422. The van der Waals surface area contributed by atoms with Crippen LogP contribution in [0.2, 0.25) is 0 Å². The van der Waals surface area contributed by atoms with Crippen LogP contribution >= 0.6 is 15.9 Å². The highest BCUT2D eigenvalue weighted by Crippen LogP contribution is 2.26. The maximum atomic E-state index is 11.5. The van der Waals surface area contributed by atoms with Gasteiger partial charge in [0.2, 0.25) is 0 Å². The molecule has 0 radical (unpaired) electrons. The van der Waals surface area contributed by atoms with E-state index >= 15 is 0 Å². The molecule has 0 aliphatic carbocycles. The number of carbonyl (C=O) groups is 1. The van der Waals surface area contributed by atoms with Gasteiger partial charge in [-0.15, -0.1) is 0 Å². The van der Waals surface area contributed by atoms with Gasteiger partial charge in [-0.3, -0.25) is 0 Å². The lowest BCUT2D eigenvalue weighted by atomic mass is 10.0. The number of hydrogen-bond acceptors (Lipinski definition) is 2. The maximum Gasteiger partial charge on any atom is 0.338 e. The van der Waals surface area contributed by atoms with Gasteiger partial charge < -0.3 is 4.74 Å². The molecule has 1 aromatic carbocycles. The predicted octanol–water partition coefficient (Wildman–Crippen LogP) is 3.48. The second kappa shape index (κ2) is 4.94. The Labute approximate surface area is 97.4 Å². The average Bonchev–Trinajstić information content (AvgIpc) is 2.26. The van der Waals surface area contributed by atoms with Crippen molar-refractivity contribution in [3.63, 3.8) is 0 Å². The van der Waals surface area contributed by atoms with Crippen LogP contribution in [-0.2, 0) is 4.74 Å². The van der Waals surface area contributed by atoms with E-state index in [-0.39, 0.29) is 5.97 Å². The lowest BCUT2D eigenvalue weighted by Crippen LogP contribution is -2.04. The van der Waals surface area contributed by atoms with Crippen molar-refractivity contribution in [2.75, 3.05) is 7.11 Å². The SMILES string of the molecule is C=Cc1c(C(=C)Br)cccc1C(=O)OC. The first-order valence-corrected chi connectivity index (χ1v) is 5.09. The van der Waals surface area contributed by atoms with Crippen LogP contribution in [0.3, 0.4) is 0 Å². The van der Waals surface area contributed by atoms with E-state index in [0.717, 1.165) is 11.1 Å². The first kappa shape index (κ1) is 11.7. The summed E-state index contributed by atoms with van der Waals surface area (Å²) < 4.78 is 5.39. The van der Waals surface area contributed by atoms with E-state index in [1.807, 2.05) is 6.07 Å². The van der Waals surface area contributed by atoms with Crippen LogP contribution in [-0.4, -0.2) is 13.1 Å². The molecule has 78 valence electrons. The van der Waals surface area contributed by atoms with Crippen LogP contribution < -0.4 is 0 Å². The number of ether oxygens (including phenoxy) is 1. The molecule has 1 rings (SSSR count). The number of carbonyl (C=O) groups excluding carboxylic acids is 1. The summed E-state index contributed by atoms with van der Waals surface area (Å²) in [7, 11) is 1.35. The summed E-state index contributed by atoms with van der Waals surface area (Å²) in [5.74, 6) is -0.375. The van der Waals surface area contributed by atoms with Gasteiger partial charge in [0, 0.05) is 4.48 Å². The molecule has 3 heteroatoms. The monoisotopic (exact) mass is 266 g/mol. The number of benzene rings is 1. The van der Waals surface area contributed by atoms with E-state index in [9.17, 15) is 4.79 Å². The molecule has 0 atom stereocenters. The van der Waals surface area contributed by atoms with Crippen LogP contribution in [0.4, 0.5) is 0 Å². The number of esters is 1. The lowest BCUT2D eigenvalue weighted by Gasteiger charge is -2.08. The summed E-state index contributed by atoms with van der Waals surface area (Å²) in [6, 6.07) is 5.34. The molecule has 1 aromatic rings. The van der Waals surface area contributed by atoms with Gasteiger partial charge in [-0.25, -0.2) is 4.79 Å². The Morgan fingerprint density at radius 1 is 1.47 bits per heavy atom. The molecule has 0 saturated heterocycles. The standard InChI is InChI=1S/C12H11BrO2/c1-4-9-10(8(2)13)6-5-7-11(9)12(14)15-3/h4-7H,1-2H2,3H3. The number of rotatable bonds is 3.